The van der Waals surface area contributed by atoms with Crippen LogP contribution in [-0.4, -0.2) is 49.8 Å². The van der Waals surface area contributed by atoms with Gasteiger partial charge in [0.15, 0.2) is 0 Å². The Morgan fingerprint density at radius 1 is 1.14 bits per heavy atom. The molecule has 7 nitrogen and oxygen atoms in total. The molecule has 1 unspecified atom stereocenters. The SMILES string of the molecule is CC(C)C(=O)NC1CCCN(C(=O)c2ccc(S(=O)(=O)NC(C)(C)C)cc2)C1. The second kappa shape index (κ2) is 8.61. The highest BCUT2D eigenvalue weighted by Crippen LogP contribution is 2.17. The van der Waals surface area contributed by atoms with Crippen LogP contribution in [0, 0.1) is 5.92 Å². The molecule has 1 heterocycles. The fourth-order valence-electron chi connectivity index (χ4n) is 3.07. The predicted octanol–water partition coefficient (Wildman–Crippen LogP) is 2.14. The molecule has 1 aromatic rings. The van der Waals surface area contributed by atoms with Crippen LogP contribution in [0.2, 0.25) is 0 Å². The summed E-state index contributed by atoms with van der Waals surface area (Å²) in [5.41, 5.74) is -0.151. The lowest BCUT2D eigenvalue weighted by molar-refractivity contribution is -0.125. The Balaban J connectivity index is 2.07. The van der Waals surface area contributed by atoms with Crippen molar-refractivity contribution in [3.63, 3.8) is 0 Å². The van der Waals surface area contributed by atoms with Crippen LogP contribution in [0.1, 0.15) is 57.8 Å². The fourth-order valence-corrected chi connectivity index (χ4v) is 4.49. The molecule has 156 valence electrons. The maximum absolute atomic E-state index is 12.8. The standard InChI is InChI=1S/C20H31N3O4S/c1-14(2)18(24)21-16-7-6-12-23(13-16)19(25)15-8-10-17(11-9-15)28(26,27)22-20(3,4)5/h8-11,14,16,22H,6-7,12-13H2,1-5H3,(H,21,24). The summed E-state index contributed by atoms with van der Waals surface area (Å²) in [5, 5.41) is 2.98. The van der Waals surface area contributed by atoms with Crippen LogP contribution in [0.4, 0.5) is 0 Å². The van der Waals surface area contributed by atoms with Gasteiger partial charge >= 0.3 is 0 Å². The highest BCUT2D eigenvalue weighted by Gasteiger charge is 2.27. The van der Waals surface area contributed by atoms with Crippen LogP contribution >= 0.6 is 0 Å². The number of hydrogen-bond acceptors (Lipinski definition) is 4. The number of carbonyl (C=O) groups excluding carboxylic acids is 2. The summed E-state index contributed by atoms with van der Waals surface area (Å²) >= 11 is 0. The average Bonchev–Trinajstić information content (AvgIpc) is 2.59. The van der Waals surface area contributed by atoms with Crippen LogP contribution in [0.25, 0.3) is 0 Å². The molecule has 28 heavy (non-hydrogen) atoms. The number of nitrogens with one attached hydrogen (secondary N) is 2. The van der Waals surface area contributed by atoms with Crippen LogP contribution in [-0.2, 0) is 14.8 Å². The van der Waals surface area contributed by atoms with Crippen LogP contribution in [0.5, 0.6) is 0 Å². The average molecular weight is 410 g/mol. The van der Waals surface area contributed by atoms with E-state index in [0.29, 0.717) is 18.7 Å². The topological polar surface area (TPSA) is 95.6 Å². The van der Waals surface area contributed by atoms with Gasteiger partial charge in [0.05, 0.1) is 4.90 Å². The van der Waals surface area contributed by atoms with Gasteiger partial charge in [0, 0.05) is 36.2 Å². The highest BCUT2D eigenvalue weighted by molar-refractivity contribution is 7.89. The normalized spacial score (nSPS) is 18.2. The number of carbonyl (C=O) groups is 2. The van der Waals surface area contributed by atoms with Gasteiger partial charge in [0.25, 0.3) is 5.91 Å². The molecule has 0 radical (unpaired) electrons. The number of rotatable bonds is 5. The third kappa shape index (κ3) is 6.04. The van der Waals surface area contributed by atoms with Crippen molar-refractivity contribution in [1.29, 1.82) is 0 Å². The first-order valence-electron chi connectivity index (χ1n) is 9.63. The zero-order valence-electron chi connectivity index (χ0n) is 17.3. The minimum absolute atomic E-state index is 0.0137. The van der Waals surface area contributed by atoms with E-state index in [1.54, 1.807) is 25.7 Å². The number of sulfonamides is 1. The molecule has 8 heteroatoms. The van der Waals surface area contributed by atoms with Crippen molar-refractivity contribution in [2.75, 3.05) is 13.1 Å². The van der Waals surface area contributed by atoms with E-state index in [-0.39, 0.29) is 28.7 Å². The Kier molecular flexibility index (Phi) is 6.88. The number of nitrogens with zero attached hydrogens (tertiary/aromatic N) is 1. The van der Waals surface area contributed by atoms with Gasteiger partial charge in [-0.3, -0.25) is 9.59 Å². The molecule has 1 atom stereocenters. The molecular formula is C20H31N3O4S. The van der Waals surface area contributed by atoms with E-state index in [0.717, 1.165) is 12.8 Å². The molecule has 2 rings (SSSR count). The quantitative estimate of drug-likeness (QED) is 0.779. The van der Waals surface area contributed by atoms with Crippen molar-refractivity contribution in [2.24, 2.45) is 5.92 Å². The molecule has 1 fully saturated rings. The molecule has 2 N–H and O–H groups in total. The van der Waals surface area contributed by atoms with E-state index in [1.165, 1.54) is 24.3 Å². The molecule has 1 saturated heterocycles. The van der Waals surface area contributed by atoms with E-state index in [2.05, 4.69) is 10.0 Å². The molecule has 0 spiro atoms. The first-order valence-corrected chi connectivity index (χ1v) is 11.1. The third-order valence-corrected chi connectivity index (χ3v) is 6.21. The van der Waals surface area contributed by atoms with Crippen molar-refractivity contribution in [1.82, 2.24) is 14.9 Å². The van der Waals surface area contributed by atoms with Gasteiger partial charge < -0.3 is 10.2 Å². The predicted molar refractivity (Wildman–Crippen MR) is 108 cm³/mol. The first kappa shape index (κ1) is 22.4. The van der Waals surface area contributed by atoms with Gasteiger partial charge in [0.1, 0.15) is 0 Å². The molecule has 0 bridgehead atoms. The van der Waals surface area contributed by atoms with Crippen LogP contribution in [0.15, 0.2) is 29.2 Å². The van der Waals surface area contributed by atoms with Gasteiger partial charge in [-0.1, -0.05) is 13.8 Å². The monoisotopic (exact) mass is 409 g/mol. The van der Waals surface area contributed by atoms with Crippen molar-refractivity contribution in [3.05, 3.63) is 29.8 Å². The fraction of sp³-hybridized carbons (Fsp3) is 0.600. The summed E-state index contributed by atoms with van der Waals surface area (Å²) < 4.78 is 27.4. The smallest absolute Gasteiger partial charge is 0.253 e. The van der Waals surface area contributed by atoms with Crippen molar-refractivity contribution < 1.29 is 18.0 Å². The Labute approximate surface area is 167 Å². The summed E-state index contributed by atoms with van der Waals surface area (Å²) in [7, 11) is -3.64. The van der Waals surface area contributed by atoms with Crippen LogP contribution < -0.4 is 10.0 Å². The lowest BCUT2D eigenvalue weighted by atomic mass is 10.0. The Hall–Kier alpha value is -1.93. The molecule has 0 aliphatic carbocycles. The van der Waals surface area contributed by atoms with Gasteiger partial charge in [-0.05, 0) is 57.9 Å². The molecular weight excluding hydrogens is 378 g/mol. The third-order valence-electron chi connectivity index (χ3n) is 4.43. The summed E-state index contributed by atoms with van der Waals surface area (Å²) in [4.78, 5) is 26.6. The molecule has 1 aromatic carbocycles. The van der Waals surface area contributed by atoms with Crippen molar-refractivity contribution in [3.8, 4) is 0 Å². The Morgan fingerprint density at radius 3 is 2.29 bits per heavy atom. The molecule has 1 aliphatic rings. The number of benzene rings is 1. The second-order valence-corrected chi connectivity index (χ2v) is 10.3. The second-order valence-electron chi connectivity index (χ2n) is 8.63. The maximum atomic E-state index is 12.8. The number of hydrogen-bond donors (Lipinski definition) is 2. The summed E-state index contributed by atoms with van der Waals surface area (Å²) in [6.07, 6.45) is 1.66. The van der Waals surface area contributed by atoms with E-state index < -0.39 is 15.6 Å². The van der Waals surface area contributed by atoms with E-state index in [1.807, 2.05) is 13.8 Å². The van der Waals surface area contributed by atoms with Gasteiger partial charge in [-0.25, -0.2) is 13.1 Å². The number of likely N-dealkylation sites (tertiary alicyclic amines) is 1. The summed E-state index contributed by atoms with van der Waals surface area (Å²) in [5.74, 6) is -0.265. The van der Waals surface area contributed by atoms with Crippen molar-refractivity contribution >= 4 is 21.8 Å². The number of piperidine rings is 1. The summed E-state index contributed by atoms with van der Waals surface area (Å²) in [6, 6.07) is 5.92. The first-order chi connectivity index (χ1) is 12.9. The highest BCUT2D eigenvalue weighted by atomic mass is 32.2. The minimum atomic E-state index is -3.64. The number of amides is 2. The zero-order chi connectivity index (χ0) is 21.1. The largest absolute Gasteiger partial charge is 0.351 e. The molecule has 2 amide bonds. The van der Waals surface area contributed by atoms with Gasteiger partial charge in [-0.2, -0.15) is 0 Å². The molecule has 0 saturated carbocycles. The van der Waals surface area contributed by atoms with E-state index >= 15 is 0 Å². The Bertz CT molecular complexity index is 811. The van der Waals surface area contributed by atoms with Gasteiger partial charge in [-0.15, -0.1) is 0 Å². The summed E-state index contributed by atoms with van der Waals surface area (Å²) in [6.45, 7) is 10.1. The van der Waals surface area contributed by atoms with Crippen LogP contribution in [0.3, 0.4) is 0 Å². The van der Waals surface area contributed by atoms with E-state index in [4.69, 9.17) is 0 Å². The Morgan fingerprint density at radius 2 is 1.75 bits per heavy atom. The molecule has 1 aliphatic heterocycles. The minimum Gasteiger partial charge on any atom is -0.351 e. The lowest BCUT2D eigenvalue weighted by Gasteiger charge is -2.33. The lowest BCUT2D eigenvalue weighted by Crippen LogP contribution is -2.50. The molecule has 0 aromatic heterocycles. The van der Waals surface area contributed by atoms with Gasteiger partial charge in [0.2, 0.25) is 15.9 Å². The van der Waals surface area contributed by atoms with Crippen molar-refractivity contribution in [2.45, 2.75) is 63.9 Å². The maximum Gasteiger partial charge on any atom is 0.253 e. The van der Waals surface area contributed by atoms with E-state index in [9.17, 15) is 18.0 Å². The zero-order valence-corrected chi connectivity index (χ0v) is 18.1.